The Morgan fingerprint density at radius 2 is 1.61 bits per heavy atom. The lowest BCUT2D eigenvalue weighted by atomic mass is 9.95. The van der Waals surface area contributed by atoms with Gasteiger partial charge in [0.15, 0.2) is 11.5 Å². The van der Waals surface area contributed by atoms with Crippen molar-refractivity contribution in [2.24, 2.45) is 5.10 Å². The average molecular weight is 416 g/mol. The van der Waals surface area contributed by atoms with E-state index >= 15 is 0 Å². The number of methoxy groups -OCH3 is 3. The van der Waals surface area contributed by atoms with Crippen LogP contribution in [0.1, 0.15) is 35.4 Å². The largest absolute Gasteiger partial charge is 0.497 e. The second kappa shape index (κ2) is 7.87. The minimum atomic E-state index is -0.396. The lowest BCUT2D eigenvalue weighted by Crippen LogP contribution is -2.33. The number of hydrogen-bond acceptors (Lipinski definition) is 6. The zero-order chi connectivity index (χ0) is 21.4. The van der Waals surface area contributed by atoms with E-state index in [2.05, 4.69) is 12.1 Å². The van der Waals surface area contributed by atoms with E-state index in [0.717, 1.165) is 51.8 Å². The topological polar surface area (TPSA) is 52.5 Å². The van der Waals surface area contributed by atoms with E-state index in [1.807, 2.05) is 59.6 Å². The van der Waals surface area contributed by atoms with Crippen LogP contribution in [0.15, 0.2) is 71.8 Å². The number of para-hydroxylation sites is 1. The molecule has 0 aliphatic carbocycles. The summed E-state index contributed by atoms with van der Waals surface area (Å²) >= 11 is 0. The Balaban J connectivity index is 1.61. The minimum absolute atomic E-state index is 0.0382. The molecule has 0 radical (unpaired) electrons. The van der Waals surface area contributed by atoms with Crippen LogP contribution >= 0.6 is 0 Å². The van der Waals surface area contributed by atoms with Crippen LogP contribution in [0.25, 0.3) is 0 Å². The molecule has 2 aliphatic rings. The first-order valence-electron chi connectivity index (χ1n) is 10.2. The molecule has 6 heteroatoms. The summed E-state index contributed by atoms with van der Waals surface area (Å²) in [6.07, 6.45) is 0.365. The van der Waals surface area contributed by atoms with Crippen LogP contribution in [0.2, 0.25) is 0 Å². The summed E-state index contributed by atoms with van der Waals surface area (Å²) in [5, 5.41) is 7.06. The van der Waals surface area contributed by atoms with Gasteiger partial charge in [0.05, 0.1) is 33.1 Å². The fourth-order valence-corrected chi connectivity index (χ4v) is 4.24. The maximum atomic E-state index is 6.50. The van der Waals surface area contributed by atoms with E-state index in [9.17, 15) is 0 Å². The van der Waals surface area contributed by atoms with Crippen LogP contribution < -0.4 is 18.9 Å². The second-order valence-electron chi connectivity index (χ2n) is 7.50. The molecular weight excluding hydrogens is 392 g/mol. The molecule has 0 saturated carbocycles. The van der Waals surface area contributed by atoms with Crippen molar-refractivity contribution >= 4 is 5.71 Å². The van der Waals surface area contributed by atoms with Crippen molar-refractivity contribution < 1.29 is 18.9 Å². The summed E-state index contributed by atoms with van der Waals surface area (Å²) in [4.78, 5) is 0. The van der Waals surface area contributed by atoms with Crippen molar-refractivity contribution in [1.82, 2.24) is 5.01 Å². The molecule has 31 heavy (non-hydrogen) atoms. The molecule has 158 valence electrons. The summed E-state index contributed by atoms with van der Waals surface area (Å²) in [7, 11) is 5.00. The first-order valence-corrected chi connectivity index (χ1v) is 10.2. The molecule has 0 unspecified atom stereocenters. The molecule has 0 saturated heterocycles. The van der Waals surface area contributed by atoms with Crippen molar-refractivity contribution in [3.8, 4) is 23.0 Å². The molecule has 2 aliphatic heterocycles. The lowest BCUT2D eigenvalue weighted by molar-refractivity contribution is -0.0210. The van der Waals surface area contributed by atoms with Gasteiger partial charge < -0.3 is 18.9 Å². The van der Waals surface area contributed by atoms with Crippen LogP contribution in [-0.2, 0) is 0 Å². The highest BCUT2D eigenvalue weighted by atomic mass is 16.5. The van der Waals surface area contributed by atoms with Crippen LogP contribution in [0.5, 0.6) is 23.0 Å². The Kier molecular flexibility index (Phi) is 4.90. The minimum Gasteiger partial charge on any atom is -0.497 e. The fourth-order valence-electron chi connectivity index (χ4n) is 4.24. The molecule has 0 fully saturated rings. The first kappa shape index (κ1) is 19.3. The van der Waals surface area contributed by atoms with E-state index < -0.39 is 6.23 Å². The van der Waals surface area contributed by atoms with Gasteiger partial charge in [-0.3, -0.25) is 0 Å². The maximum absolute atomic E-state index is 6.50. The number of ether oxygens (including phenoxy) is 4. The number of fused-ring (bicyclic) bond motifs is 3. The second-order valence-corrected chi connectivity index (χ2v) is 7.50. The molecule has 2 heterocycles. The van der Waals surface area contributed by atoms with Gasteiger partial charge in [-0.1, -0.05) is 36.4 Å². The number of hydrazone groups is 1. The molecule has 2 atom stereocenters. The average Bonchev–Trinajstić information content (AvgIpc) is 3.29. The van der Waals surface area contributed by atoms with Gasteiger partial charge in [0, 0.05) is 23.1 Å². The van der Waals surface area contributed by atoms with Crippen molar-refractivity contribution in [2.45, 2.75) is 18.7 Å². The van der Waals surface area contributed by atoms with Crippen molar-refractivity contribution in [3.63, 3.8) is 0 Å². The van der Waals surface area contributed by atoms with Crippen LogP contribution in [-0.4, -0.2) is 32.0 Å². The van der Waals surface area contributed by atoms with Crippen molar-refractivity contribution in [3.05, 3.63) is 83.4 Å². The zero-order valence-corrected chi connectivity index (χ0v) is 17.7. The van der Waals surface area contributed by atoms with Crippen molar-refractivity contribution in [2.75, 3.05) is 21.3 Å². The van der Waals surface area contributed by atoms with E-state index in [1.54, 1.807) is 21.3 Å². The van der Waals surface area contributed by atoms with Gasteiger partial charge in [0.2, 0.25) is 6.23 Å². The number of rotatable bonds is 5. The number of nitrogens with zero attached hydrogens (tertiary/aromatic N) is 2. The van der Waals surface area contributed by atoms with Gasteiger partial charge in [-0.05, 0) is 30.3 Å². The Morgan fingerprint density at radius 3 is 2.39 bits per heavy atom. The van der Waals surface area contributed by atoms with Gasteiger partial charge >= 0.3 is 0 Å². The molecule has 0 bridgehead atoms. The third-order valence-electron chi connectivity index (χ3n) is 5.78. The summed E-state index contributed by atoms with van der Waals surface area (Å²) < 4.78 is 23.0. The number of benzene rings is 3. The molecule has 0 aromatic heterocycles. The molecule has 5 rings (SSSR count). The molecule has 0 spiro atoms. The monoisotopic (exact) mass is 416 g/mol. The van der Waals surface area contributed by atoms with E-state index in [1.165, 1.54) is 0 Å². The Morgan fingerprint density at radius 1 is 0.871 bits per heavy atom. The predicted molar refractivity (Wildman–Crippen MR) is 118 cm³/mol. The normalized spacial score (nSPS) is 19.1. The highest BCUT2D eigenvalue weighted by Gasteiger charge is 2.42. The SMILES string of the molecule is COc1cccc(C2=NN3[C@@H](C2)c2cccc(OC)c2O[C@H]3c2cccc(OC)c2)c1. The fraction of sp³-hybridized carbons (Fsp3) is 0.240. The number of hydrogen-bond donors (Lipinski definition) is 0. The predicted octanol–water partition coefficient (Wildman–Crippen LogP) is 4.95. The lowest BCUT2D eigenvalue weighted by Gasteiger charge is -2.38. The molecular formula is C25H24N2O4. The van der Waals surface area contributed by atoms with Gasteiger partial charge in [-0.15, -0.1) is 0 Å². The smallest absolute Gasteiger partial charge is 0.214 e. The molecule has 0 N–H and O–H groups in total. The van der Waals surface area contributed by atoms with Gasteiger partial charge in [0.1, 0.15) is 11.5 Å². The molecule has 3 aromatic carbocycles. The first-order chi connectivity index (χ1) is 15.2. The summed E-state index contributed by atoms with van der Waals surface area (Å²) in [6, 6.07) is 22.0. The Hall–Kier alpha value is -3.67. The van der Waals surface area contributed by atoms with Crippen molar-refractivity contribution in [1.29, 1.82) is 0 Å². The summed E-state index contributed by atoms with van der Waals surface area (Å²) in [5.74, 6) is 3.08. The quantitative estimate of drug-likeness (QED) is 0.589. The van der Waals surface area contributed by atoms with Crippen LogP contribution in [0.3, 0.4) is 0 Å². The van der Waals surface area contributed by atoms with Gasteiger partial charge in [0.25, 0.3) is 0 Å². The molecule has 3 aromatic rings. The Labute approximate surface area is 181 Å². The van der Waals surface area contributed by atoms with Gasteiger partial charge in [-0.2, -0.15) is 5.10 Å². The van der Waals surface area contributed by atoms with E-state index in [0.29, 0.717) is 0 Å². The van der Waals surface area contributed by atoms with Crippen LogP contribution in [0, 0.1) is 0 Å². The van der Waals surface area contributed by atoms with Crippen LogP contribution in [0.4, 0.5) is 0 Å². The Bertz CT molecular complexity index is 1140. The third kappa shape index (κ3) is 3.34. The third-order valence-corrected chi connectivity index (χ3v) is 5.78. The van der Waals surface area contributed by atoms with E-state index in [4.69, 9.17) is 24.0 Å². The summed E-state index contributed by atoms with van der Waals surface area (Å²) in [5.41, 5.74) is 4.08. The standard InChI is InChI=1S/C25H24N2O4/c1-28-18-9-4-7-16(13-18)21-15-22-20-11-6-12-23(30-3)24(20)31-25(27(22)26-21)17-8-5-10-19(14-17)29-2/h4-14,22,25H,15H2,1-3H3/t22-,25-/m0/s1. The highest BCUT2D eigenvalue weighted by Crippen LogP contribution is 2.50. The zero-order valence-electron chi connectivity index (χ0n) is 17.7. The maximum Gasteiger partial charge on any atom is 0.214 e. The van der Waals surface area contributed by atoms with Gasteiger partial charge in [-0.25, -0.2) is 5.01 Å². The molecule has 6 nitrogen and oxygen atoms in total. The molecule has 0 amide bonds. The highest BCUT2D eigenvalue weighted by molar-refractivity contribution is 6.02. The van der Waals surface area contributed by atoms with E-state index in [-0.39, 0.29) is 6.04 Å². The summed E-state index contributed by atoms with van der Waals surface area (Å²) in [6.45, 7) is 0.